The number of hydrogen-bond acceptors (Lipinski definition) is 4. The summed E-state index contributed by atoms with van der Waals surface area (Å²) >= 11 is 0. The average Bonchev–Trinajstić information content (AvgIpc) is 2.39. The molecular formula is C12H11FN2O3S. The molecule has 1 aromatic heterocycles. The number of nitrogens with zero attached hydrogens (tertiary/aromatic N) is 1. The molecule has 0 aliphatic heterocycles. The van der Waals surface area contributed by atoms with Gasteiger partial charge in [0.05, 0.1) is 7.11 Å². The Bertz CT molecular complexity index is 689. The van der Waals surface area contributed by atoms with Crippen molar-refractivity contribution in [1.82, 2.24) is 4.98 Å². The highest BCUT2D eigenvalue weighted by atomic mass is 32.2. The van der Waals surface area contributed by atoms with E-state index in [1.54, 1.807) is 6.07 Å². The summed E-state index contributed by atoms with van der Waals surface area (Å²) in [5.41, 5.74) is 0.147. The predicted molar refractivity (Wildman–Crippen MR) is 68.0 cm³/mol. The molecule has 1 N–H and O–H groups in total. The molecule has 1 heterocycles. The predicted octanol–water partition coefficient (Wildman–Crippen LogP) is 2.03. The smallest absolute Gasteiger partial charge is 0.264 e. The number of hydrogen-bond donors (Lipinski definition) is 1. The van der Waals surface area contributed by atoms with Gasteiger partial charge in [-0.3, -0.25) is 4.72 Å². The van der Waals surface area contributed by atoms with Gasteiger partial charge in [0.2, 0.25) is 5.88 Å². The molecule has 7 heteroatoms. The van der Waals surface area contributed by atoms with E-state index in [2.05, 4.69) is 9.71 Å². The van der Waals surface area contributed by atoms with Crippen LogP contribution in [0.15, 0.2) is 47.5 Å². The summed E-state index contributed by atoms with van der Waals surface area (Å²) < 4.78 is 44.8. The van der Waals surface area contributed by atoms with E-state index >= 15 is 0 Å². The molecule has 2 aromatic rings. The SMILES string of the molecule is COc1ncccc1NS(=O)(=O)c1ccccc1F. The van der Waals surface area contributed by atoms with Crippen molar-refractivity contribution in [1.29, 1.82) is 0 Å². The first-order valence-corrected chi connectivity index (χ1v) is 6.79. The first-order chi connectivity index (χ1) is 9.04. The number of ether oxygens (including phenoxy) is 1. The van der Waals surface area contributed by atoms with Crippen molar-refractivity contribution in [3.63, 3.8) is 0 Å². The molecule has 0 saturated carbocycles. The fourth-order valence-electron chi connectivity index (χ4n) is 1.49. The summed E-state index contributed by atoms with van der Waals surface area (Å²) in [7, 11) is -2.66. The Morgan fingerprint density at radius 2 is 1.95 bits per heavy atom. The van der Waals surface area contributed by atoms with Crippen LogP contribution in [0.5, 0.6) is 5.88 Å². The van der Waals surface area contributed by atoms with Crippen molar-refractivity contribution in [2.24, 2.45) is 0 Å². The van der Waals surface area contributed by atoms with Crippen molar-refractivity contribution in [2.45, 2.75) is 4.90 Å². The minimum absolute atomic E-state index is 0.113. The van der Waals surface area contributed by atoms with Crippen LogP contribution in [0.2, 0.25) is 0 Å². The molecule has 5 nitrogen and oxygen atoms in total. The summed E-state index contributed by atoms with van der Waals surface area (Å²) in [5.74, 6) is -0.708. The molecule has 2 rings (SSSR count). The van der Waals surface area contributed by atoms with Gasteiger partial charge in [0, 0.05) is 6.20 Å². The molecule has 0 aliphatic rings. The van der Waals surface area contributed by atoms with Gasteiger partial charge in [-0.25, -0.2) is 17.8 Å². The molecule has 0 fully saturated rings. The number of sulfonamides is 1. The Hall–Kier alpha value is -2.15. The van der Waals surface area contributed by atoms with Crippen LogP contribution in [0.1, 0.15) is 0 Å². The molecule has 0 atom stereocenters. The normalized spacial score (nSPS) is 11.1. The minimum Gasteiger partial charge on any atom is -0.480 e. The lowest BCUT2D eigenvalue weighted by atomic mass is 10.4. The van der Waals surface area contributed by atoms with Crippen LogP contribution in [0.4, 0.5) is 10.1 Å². The second-order valence-corrected chi connectivity index (χ2v) is 5.25. The van der Waals surface area contributed by atoms with Crippen molar-refractivity contribution >= 4 is 15.7 Å². The van der Waals surface area contributed by atoms with Crippen molar-refractivity contribution in [3.8, 4) is 5.88 Å². The Morgan fingerprint density at radius 3 is 2.63 bits per heavy atom. The van der Waals surface area contributed by atoms with E-state index < -0.39 is 20.7 Å². The largest absolute Gasteiger partial charge is 0.480 e. The van der Waals surface area contributed by atoms with Crippen LogP contribution in [0, 0.1) is 5.82 Å². The summed E-state index contributed by atoms with van der Waals surface area (Å²) in [6.45, 7) is 0. The lowest BCUT2D eigenvalue weighted by Crippen LogP contribution is -2.15. The summed E-state index contributed by atoms with van der Waals surface area (Å²) in [6.07, 6.45) is 1.46. The summed E-state index contributed by atoms with van der Waals surface area (Å²) in [4.78, 5) is 3.42. The van der Waals surface area contributed by atoms with E-state index in [-0.39, 0.29) is 11.6 Å². The summed E-state index contributed by atoms with van der Waals surface area (Å²) in [6, 6.07) is 8.14. The van der Waals surface area contributed by atoms with E-state index in [1.165, 1.54) is 37.6 Å². The standard InChI is InChI=1S/C12H11FN2O3S/c1-18-12-10(6-4-8-14-12)15-19(16,17)11-7-3-2-5-9(11)13/h2-8,15H,1H3. The van der Waals surface area contributed by atoms with Crippen LogP contribution < -0.4 is 9.46 Å². The number of nitrogens with one attached hydrogen (secondary N) is 1. The maximum Gasteiger partial charge on any atom is 0.264 e. The fourth-order valence-corrected chi connectivity index (χ4v) is 2.63. The molecule has 19 heavy (non-hydrogen) atoms. The minimum atomic E-state index is -4.02. The zero-order valence-corrected chi connectivity index (χ0v) is 10.8. The zero-order chi connectivity index (χ0) is 13.9. The zero-order valence-electron chi connectivity index (χ0n) is 10.00. The average molecular weight is 282 g/mol. The first-order valence-electron chi connectivity index (χ1n) is 5.31. The van der Waals surface area contributed by atoms with Gasteiger partial charge in [0.15, 0.2) is 0 Å². The second-order valence-electron chi connectivity index (χ2n) is 3.60. The summed E-state index contributed by atoms with van der Waals surface area (Å²) in [5, 5.41) is 0. The monoisotopic (exact) mass is 282 g/mol. The van der Waals surface area contributed by atoms with Crippen molar-refractivity contribution < 1.29 is 17.5 Å². The van der Waals surface area contributed by atoms with Gasteiger partial charge >= 0.3 is 0 Å². The van der Waals surface area contributed by atoms with Gasteiger partial charge in [0.25, 0.3) is 10.0 Å². The molecule has 1 aromatic carbocycles. The number of benzene rings is 1. The van der Waals surface area contributed by atoms with Gasteiger partial charge < -0.3 is 4.74 Å². The van der Waals surface area contributed by atoms with Crippen LogP contribution in [0.3, 0.4) is 0 Å². The van der Waals surface area contributed by atoms with Gasteiger partial charge in [0.1, 0.15) is 16.4 Å². The number of aromatic nitrogens is 1. The van der Waals surface area contributed by atoms with Crippen molar-refractivity contribution in [2.75, 3.05) is 11.8 Å². The number of pyridine rings is 1. The molecule has 0 aliphatic carbocycles. The first kappa shape index (κ1) is 13.3. The number of anilines is 1. The van der Waals surface area contributed by atoms with Crippen molar-refractivity contribution in [3.05, 3.63) is 48.4 Å². The molecule has 0 amide bonds. The van der Waals surface area contributed by atoms with Crippen LogP contribution in [-0.4, -0.2) is 20.5 Å². The van der Waals surface area contributed by atoms with Crippen LogP contribution in [-0.2, 0) is 10.0 Å². The highest BCUT2D eigenvalue weighted by molar-refractivity contribution is 7.92. The molecule has 0 spiro atoms. The van der Waals surface area contributed by atoms with E-state index in [0.717, 1.165) is 6.07 Å². The third-order valence-corrected chi connectivity index (χ3v) is 3.73. The van der Waals surface area contributed by atoms with E-state index in [9.17, 15) is 12.8 Å². The maximum atomic E-state index is 13.5. The lowest BCUT2D eigenvalue weighted by Gasteiger charge is -2.10. The van der Waals surface area contributed by atoms with Gasteiger partial charge in [-0.15, -0.1) is 0 Å². The molecule has 0 radical (unpaired) electrons. The van der Waals surface area contributed by atoms with Gasteiger partial charge in [-0.2, -0.15) is 0 Å². The Balaban J connectivity index is 2.40. The third-order valence-electron chi connectivity index (χ3n) is 2.33. The fraction of sp³-hybridized carbons (Fsp3) is 0.0833. The molecule has 0 unspecified atom stereocenters. The Kier molecular flexibility index (Phi) is 3.66. The Morgan fingerprint density at radius 1 is 1.21 bits per heavy atom. The van der Waals surface area contributed by atoms with Gasteiger partial charge in [-0.1, -0.05) is 12.1 Å². The number of halogens is 1. The lowest BCUT2D eigenvalue weighted by molar-refractivity contribution is 0.400. The van der Waals surface area contributed by atoms with E-state index in [1.807, 2.05) is 0 Å². The van der Waals surface area contributed by atoms with E-state index in [4.69, 9.17) is 4.74 Å². The highest BCUT2D eigenvalue weighted by Gasteiger charge is 2.20. The Labute approximate surface area is 110 Å². The molecular weight excluding hydrogens is 271 g/mol. The molecule has 100 valence electrons. The quantitative estimate of drug-likeness (QED) is 0.931. The third kappa shape index (κ3) is 2.82. The topological polar surface area (TPSA) is 68.3 Å². The molecule has 0 saturated heterocycles. The molecule has 0 bridgehead atoms. The van der Waals surface area contributed by atoms with Gasteiger partial charge in [-0.05, 0) is 24.3 Å². The number of methoxy groups -OCH3 is 1. The highest BCUT2D eigenvalue weighted by Crippen LogP contribution is 2.24. The second kappa shape index (κ2) is 5.23. The maximum absolute atomic E-state index is 13.5. The number of rotatable bonds is 4. The van der Waals surface area contributed by atoms with Crippen LogP contribution in [0.25, 0.3) is 0 Å². The van der Waals surface area contributed by atoms with Crippen LogP contribution >= 0.6 is 0 Å². The van der Waals surface area contributed by atoms with E-state index in [0.29, 0.717) is 0 Å².